The number of unbranched alkanes of at least 4 members (excludes halogenated alkanes) is 2. The molecule has 0 aromatic rings. The summed E-state index contributed by atoms with van der Waals surface area (Å²) in [7, 11) is 0. The Kier molecular flexibility index (Phi) is 12.2. The van der Waals surface area contributed by atoms with Gasteiger partial charge in [-0.25, -0.2) is 0 Å². The Morgan fingerprint density at radius 1 is 1.00 bits per heavy atom. The van der Waals surface area contributed by atoms with E-state index in [-0.39, 0.29) is 37.5 Å². The molecule has 7 nitrogen and oxygen atoms in total. The molecule has 0 heterocycles. The number of nitrogens with zero attached hydrogens (tertiary/aromatic N) is 2. The quantitative estimate of drug-likeness (QED) is 0.219. The Hall–Kier alpha value is -2.01. The van der Waals surface area contributed by atoms with Crippen molar-refractivity contribution in [3.8, 4) is 0 Å². The average Bonchev–Trinajstić information content (AvgIpc) is 2.55. The van der Waals surface area contributed by atoms with Gasteiger partial charge in [0.1, 0.15) is 6.61 Å². The van der Waals surface area contributed by atoms with Crippen LogP contribution in [0.5, 0.6) is 0 Å². The lowest BCUT2D eigenvalue weighted by atomic mass is 10.0. The van der Waals surface area contributed by atoms with Crippen molar-refractivity contribution in [2.24, 2.45) is 5.92 Å². The molecule has 142 valence electrons. The zero-order valence-corrected chi connectivity index (χ0v) is 15.7. The van der Waals surface area contributed by atoms with Crippen LogP contribution in [0, 0.1) is 5.92 Å². The van der Waals surface area contributed by atoms with Gasteiger partial charge in [0.05, 0.1) is 0 Å². The molecule has 0 rings (SSSR count). The Labute approximate surface area is 149 Å². The van der Waals surface area contributed by atoms with Crippen LogP contribution in [0.4, 0.5) is 0 Å². The molecular weight excluding hydrogens is 324 g/mol. The standard InChI is InChI=1S/C18H30N2O5/c1-5-7-9-16(22)24-12-15(25-17(23)10-8-6-2)18(20-19)14(21)11-13(3)4/h13,15H,5-12H2,1-4H3. The van der Waals surface area contributed by atoms with Crippen molar-refractivity contribution in [1.82, 2.24) is 0 Å². The van der Waals surface area contributed by atoms with Gasteiger partial charge in [-0.05, 0) is 18.8 Å². The van der Waals surface area contributed by atoms with Crippen molar-refractivity contribution < 1.29 is 28.6 Å². The van der Waals surface area contributed by atoms with Crippen molar-refractivity contribution in [2.75, 3.05) is 6.61 Å². The predicted octanol–water partition coefficient (Wildman–Crippen LogP) is 3.11. The van der Waals surface area contributed by atoms with Crippen LogP contribution in [0.25, 0.3) is 5.53 Å². The van der Waals surface area contributed by atoms with Crippen LogP contribution in [-0.4, -0.2) is 40.9 Å². The van der Waals surface area contributed by atoms with Crippen molar-refractivity contribution in [2.45, 2.75) is 78.7 Å². The summed E-state index contributed by atoms with van der Waals surface area (Å²) in [5, 5.41) is 0. The van der Waals surface area contributed by atoms with Crippen molar-refractivity contribution in [3.63, 3.8) is 0 Å². The highest BCUT2D eigenvalue weighted by Gasteiger charge is 2.35. The third-order valence-electron chi connectivity index (χ3n) is 3.43. The van der Waals surface area contributed by atoms with E-state index in [1.165, 1.54) is 0 Å². The summed E-state index contributed by atoms with van der Waals surface area (Å²) < 4.78 is 10.3. The van der Waals surface area contributed by atoms with Crippen LogP contribution in [0.1, 0.15) is 72.6 Å². The van der Waals surface area contributed by atoms with Crippen LogP contribution in [0.3, 0.4) is 0 Å². The SMILES string of the molecule is CCCCC(=O)OCC(OC(=O)CCCC)C(=[N+]=[N-])C(=O)CC(C)C. The fourth-order valence-electron chi connectivity index (χ4n) is 2.04. The van der Waals surface area contributed by atoms with E-state index in [0.717, 1.165) is 12.8 Å². The summed E-state index contributed by atoms with van der Waals surface area (Å²) in [4.78, 5) is 38.8. The molecule has 0 N–H and O–H groups in total. The molecule has 0 aromatic heterocycles. The molecule has 0 aliphatic carbocycles. The van der Waals surface area contributed by atoms with Gasteiger partial charge in [0, 0.05) is 19.3 Å². The molecule has 0 aromatic carbocycles. The number of esters is 2. The lowest BCUT2D eigenvalue weighted by molar-refractivity contribution is -0.158. The first-order valence-electron chi connectivity index (χ1n) is 8.95. The number of hydrogen-bond acceptors (Lipinski definition) is 5. The third kappa shape index (κ3) is 10.5. The molecule has 0 saturated heterocycles. The molecule has 0 aliphatic rings. The molecule has 0 amide bonds. The molecular formula is C18H30N2O5. The van der Waals surface area contributed by atoms with Gasteiger partial charge in [0.2, 0.25) is 11.9 Å². The van der Waals surface area contributed by atoms with Crippen molar-refractivity contribution >= 4 is 23.4 Å². The van der Waals surface area contributed by atoms with E-state index in [0.29, 0.717) is 12.8 Å². The Bertz CT molecular complexity index is 496. The molecule has 1 atom stereocenters. The first-order valence-corrected chi connectivity index (χ1v) is 8.95. The van der Waals surface area contributed by atoms with Gasteiger partial charge in [-0.2, -0.15) is 4.79 Å². The summed E-state index contributed by atoms with van der Waals surface area (Å²) in [6.07, 6.45) is 2.39. The van der Waals surface area contributed by atoms with Crippen molar-refractivity contribution in [1.29, 1.82) is 0 Å². The maximum Gasteiger partial charge on any atom is 0.378 e. The van der Waals surface area contributed by atoms with E-state index in [1.807, 2.05) is 27.7 Å². The van der Waals surface area contributed by atoms with E-state index in [2.05, 4.69) is 4.79 Å². The Morgan fingerprint density at radius 3 is 2.04 bits per heavy atom. The summed E-state index contributed by atoms with van der Waals surface area (Å²) in [5.41, 5.74) is 8.92. The fourth-order valence-corrected chi connectivity index (χ4v) is 2.04. The number of ketones is 1. The Morgan fingerprint density at radius 2 is 1.56 bits per heavy atom. The van der Waals surface area contributed by atoms with Gasteiger partial charge in [-0.1, -0.05) is 40.5 Å². The van der Waals surface area contributed by atoms with E-state index < -0.39 is 23.8 Å². The lowest BCUT2D eigenvalue weighted by Crippen LogP contribution is -2.38. The van der Waals surface area contributed by atoms with Crippen LogP contribution in [0.15, 0.2) is 0 Å². The summed E-state index contributed by atoms with van der Waals surface area (Å²) in [6.45, 7) is 7.25. The number of ether oxygens (including phenoxy) is 2. The van der Waals surface area contributed by atoms with Gasteiger partial charge in [0.25, 0.3) is 0 Å². The fraction of sp³-hybridized carbons (Fsp3) is 0.778. The molecule has 0 radical (unpaired) electrons. The van der Waals surface area contributed by atoms with Gasteiger partial charge in [0.15, 0.2) is 0 Å². The highest BCUT2D eigenvalue weighted by atomic mass is 16.6. The number of Topliss-reactive ketones (excluding diaryl/α,β-unsaturated/α-hetero) is 1. The number of carbonyl (C=O) groups is 3. The van der Waals surface area contributed by atoms with E-state index in [4.69, 9.17) is 9.47 Å². The lowest BCUT2D eigenvalue weighted by Gasteiger charge is -2.15. The first kappa shape index (κ1) is 23.0. The van der Waals surface area contributed by atoms with Crippen LogP contribution >= 0.6 is 0 Å². The second kappa shape index (κ2) is 13.3. The molecule has 7 heteroatoms. The van der Waals surface area contributed by atoms with Crippen molar-refractivity contribution in [3.05, 3.63) is 5.53 Å². The minimum atomic E-state index is -1.19. The second-order valence-electron chi connectivity index (χ2n) is 6.38. The maximum absolute atomic E-state index is 12.2. The monoisotopic (exact) mass is 354 g/mol. The van der Waals surface area contributed by atoms with Crippen LogP contribution in [0.2, 0.25) is 0 Å². The molecule has 0 bridgehead atoms. The minimum absolute atomic E-state index is 0.0489. The van der Waals surface area contributed by atoms with Gasteiger partial charge >= 0.3 is 17.7 Å². The maximum atomic E-state index is 12.2. The average molecular weight is 354 g/mol. The predicted molar refractivity (Wildman–Crippen MR) is 93.0 cm³/mol. The third-order valence-corrected chi connectivity index (χ3v) is 3.43. The zero-order chi connectivity index (χ0) is 19.2. The van der Waals surface area contributed by atoms with Crippen LogP contribution in [-0.2, 0) is 23.9 Å². The largest absolute Gasteiger partial charge is 0.461 e. The van der Waals surface area contributed by atoms with Gasteiger partial charge in [-0.15, -0.1) is 0 Å². The minimum Gasteiger partial charge on any atom is -0.461 e. The number of carbonyl (C=O) groups excluding carboxylic acids is 3. The number of hydrogen-bond donors (Lipinski definition) is 0. The topological polar surface area (TPSA) is 106 Å². The molecule has 25 heavy (non-hydrogen) atoms. The molecule has 0 fully saturated rings. The van der Waals surface area contributed by atoms with Gasteiger partial charge < -0.3 is 15.0 Å². The zero-order valence-electron chi connectivity index (χ0n) is 15.7. The van der Waals surface area contributed by atoms with E-state index >= 15 is 0 Å². The summed E-state index contributed by atoms with van der Waals surface area (Å²) >= 11 is 0. The van der Waals surface area contributed by atoms with E-state index in [9.17, 15) is 19.9 Å². The second-order valence-corrected chi connectivity index (χ2v) is 6.38. The highest BCUT2D eigenvalue weighted by molar-refractivity contribution is 6.39. The molecule has 0 aliphatic heterocycles. The first-order chi connectivity index (χ1) is 11.8. The highest BCUT2D eigenvalue weighted by Crippen LogP contribution is 2.08. The molecule has 0 spiro atoms. The number of rotatable bonds is 13. The van der Waals surface area contributed by atoms with E-state index in [1.54, 1.807) is 0 Å². The van der Waals surface area contributed by atoms with Crippen LogP contribution < -0.4 is 0 Å². The Balaban J connectivity index is 5.02. The molecule has 0 saturated carbocycles. The molecule has 1 unspecified atom stereocenters. The summed E-state index contributed by atoms with van der Waals surface area (Å²) in [6, 6.07) is 0. The smallest absolute Gasteiger partial charge is 0.378 e. The van der Waals surface area contributed by atoms with Gasteiger partial charge in [-0.3, -0.25) is 14.4 Å². The normalized spacial score (nSPS) is 11.6. The summed E-state index contributed by atoms with van der Waals surface area (Å²) in [5.74, 6) is -1.34.